The van der Waals surface area contributed by atoms with E-state index in [1.807, 2.05) is 30.3 Å². The zero-order valence-electron chi connectivity index (χ0n) is 13.2. The van der Waals surface area contributed by atoms with Crippen LogP contribution in [0.25, 0.3) is 0 Å². The number of esters is 1. The molecule has 3 aromatic carbocycles. The first-order valence-electron chi connectivity index (χ1n) is 7.60. The van der Waals surface area contributed by atoms with Crippen LogP contribution in [0.15, 0.2) is 83.3 Å². The molecule has 0 heterocycles. The quantitative estimate of drug-likeness (QED) is 0.329. The third-order valence-electron chi connectivity index (χ3n) is 3.30. The second-order valence-electron chi connectivity index (χ2n) is 5.06. The van der Waals surface area contributed by atoms with Crippen molar-refractivity contribution in [1.29, 1.82) is 0 Å². The van der Waals surface area contributed by atoms with E-state index in [2.05, 4.69) is 15.9 Å². The van der Waals surface area contributed by atoms with Crippen LogP contribution in [0.3, 0.4) is 0 Å². The molecule has 0 saturated carbocycles. The van der Waals surface area contributed by atoms with Gasteiger partial charge < -0.3 is 14.2 Å². The highest BCUT2D eigenvalue weighted by atomic mass is 79.9. The molecule has 126 valence electrons. The molecule has 0 atom stereocenters. The molecule has 0 aliphatic heterocycles. The minimum Gasteiger partial charge on any atom is -0.457 e. The molecule has 5 heteroatoms. The van der Waals surface area contributed by atoms with E-state index in [-0.39, 0.29) is 6.79 Å². The smallest absolute Gasteiger partial charge is 0.347 e. The zero-order chi connectivity index (χ0) is 17.5. The number of rotatable bonds is 6. The average molecular weight is 399 g/mol. The number of carbonyl (C=O) groups excluding carboxylic acids is 1. The molecule has 3 rings (SSSR count). The van der Waals surface area contributed by atoms with Crippen molar-refractivity contribution >= 4 is 21.9 Å². The lowest BCUT2D eigenvalue weighted by atomic mass is 10.2. The van der Waals surface area contributed by atoms with Gasteiger partial charge in [0.1, 0.15) is 22.8 Å². The van der Waals surface area contributed by atoms with Crippen molar-refractivity contribution < 1.29 is 19.0 Å². The Morgan fingerprint density at radius 2 is 1.52 bits per heavy atom. The SMILES string of the molecule is O=C(Oc1ccccc1)c1ccccc1OCOc1cccc(Br)c1. The summed E-state index contributed by atoms with van der Waals surface area (Å²) in [4.78, 5) is 12.4. The van der Waals surface area contributed by atoms with Crippen molar-refractivity contribution in [3.05, 3.63) is 88.9 Å². The molecule has 0 N–H and O–H groups in total. The van der Waals surface area contributed by atoms with Crippen LogP contribution in [0.1, 0.15) is 10.4 Å². The van der Waals surface area contributed by atoms with Gasteiger partial charge in [-0.3, -0.25) is 0 Å². The van der Waals surface area contributed by atoms with Gasteiger partial charge in [-0.05, 0) is 42.5 Å². The molecule has 3 aromatic rings. The molecule has 0 saturated heterocycles. The van der Waals surface area contributed by atoms with Crippen LogP contribution < -0.4 is 14.2 Å². The number of halogens is 1. The highest BCUT2D eigenvalue weighted by Gasteiger charge is 2.14. The topological polar surface area (TPSA) is 44.8 Å². The maximum atomic E-state index is 12.4. The zero-order valence-corrected chi connectivity index (χ0v) is 14.8. The van der Waals surface area contributed by atoms with E-state index >= 15 is 0 Å². The van der Waals surface area contributed by atoms with Gasteiger partial charge in [-0.1, -0.05) is 52.3 Å². The Labute approximate surface area is 154 Å². The van der Waals surface area contributed by atoms with Crippen molar-refractivity contribution in [2.45, 2.75) is 0 Å². The van der Waals surface area contributed by atoms with E-state index in [0.29, 0.717) is 22.8 Å². The van der Waals surface area contributed by atoms with Gasteiger partial charge in [0.2, 0.25) is 6.79 Å². The van der Waals surface area contributed by atoms with Crippen LogP contribution >= 0.6 is 15.9 Å². The molecule has 0 unspecified atom stereocenters. The van der Waals surface area contributed by atoms with Gasteiger partial charge in [0.05, 0.1) is 0 Å². The molecule has 0 aliphatic rings. The lowest BCUT2D eigenvalue weighted by molar-refractivity contribution is 0.0719. The predicted octanol–water partition coefficient (Wildman–Crippen LogP) is 5.08. The van der Waals surface area contributed by atoms with E-state index in [0.717, 1.165) is 4.47 Å². The lowest BCUT2D eigenvalue weighted by Gasteiger charge is -2.12. The van der Waals surface area contributed by atoms with Crippen molar-refractivity contribution in [3.63, 3.8) is 0 Å². The Balaban J connectivity index is 1.65. The molecule has 0 spiro atoms. The Hall–Kier alpha value is -2.79. The van der Waals surface area contributed by atoms with Crippen molar-refractivity contribution in [3.8, 4) is 17.2 Å². The van der Waals surface area contributed by atoms with Gasteiger partial charge in [0.15, 0.2) is 0 Å². The molecular formula is C20H15BrO4. The molecule has 0 amide bonds. The molecule has 0 bridgehead atoms. The molecule has 4 nitrogen and oxygen atoms in total. The summed E-state index contributed by atoms with van der Waals surface area (Å²) < 4.78 is 17.4. The summed E-state index contributed by atoms with van der Waals surface area (Å²) in [5, 5.41) is 0. The van der Waals surface area contributed by atoms with Gasteiger partial charge in [0.25, 0.3) is 0 Å². The van der Waals surface area contributed by atoms with Crippen LogP contribution in [-0.2, 0) is 0 Å². The highest BCUT2D eigenvalue weighted by molar-refractivity contribution is 9.10. The minimum absolute atomic E-state index is 0.0217. The van der Waals surface area contributed by atoms with E-state index in [4.69, 9.17) is 14.2 Å². The van der Waals surface area contributed by atoms with Gasteiger partial charge in [-0.2, -0.15) is 0 Å². The number of para-hydroxylation sites is 2. The summed E-state index contributed by atoms with van der Waals surface area (Å²) in [6.45, 7) is -0.0217. The van der Waals surface area contributed by atoms with E-state index in [1.165, 1.54) is 0 Å². The normalized spacial score (nSPS) is 10.1. The molecular weight excluding hydrogens is 384 g/mol. The van der Waals surface area contributed by atoms with Crippen LogP contribution in [0.2, 0.25) is 0 Å². The maximum absolute atomic E-state index is 12.4. The van der Waals surface area contributed by atoms with Gasteiger partial charge >= 0.3 is 5.97 Å². The molecule has 0 radical (unpaired) electrons. The molecule has 0 aromatic heterocycles. The summed E-state index contributed by atoms with van der Waals surface area (Å²) in [6, 6.07) is 23.2. The van der Waals surface area contributed by atoms with Crippen molar-refractivity contribution in [1.82, 2.24) is 0 Å². The van der Waals surface area contributed by atoms with E-state index in [9.17, 15) is 4.79 Å². The first kappa shape index (κ1) is 17.0. The Morgan fingerprint density at radius 3 is 2.32 bits per heavy atom. The summed E-state index contributed by atoms with van der Waals surface area (Å²) in [5.74, 6) is 1.06. The summed E-state index contributed by atoms with van der Waals surface area (Å²) in [6.07, 6.45) is 0. The fraction of sp³-hybridized carbons (Fsp3) is 0.0500. The number of ether oxygens (including phenoxy) is 3. The molecule has 0 fully saturated rings. The van der Waals surface area contributed by atoms with Crippen LogP contribution in [0, 0.1) is 0 Å². The second kappa shape index (κ2) is 8.35. The minimum atomic E-state index is -0.482. The predicted molar refractivity (Wildman–Crippen MR) is 98.1 cm³/mol. The average Bonchev–Trinajstić information content (AvgIpc) is 2.63. The van der Waals surface area contributed by atoms with Gasteiger partial charge in [-0.25, -0.2) is 4.79 Å². The largest absolute Gasteiger partial charge is 0.457 e. The lowest BCUT2D eigenvalue weighted by Crippen LogP contribution is -2.13. The monoisotopic (exact) mass is 398 g/mol. The first-order chi connectivity index (χ1) is 12.2. The van der Waals surface area contributed by atoms with E-state index in [1.54, 1.807) is 48.5 Å². The Kier molecular flexibility index (Phi) is 5.69. The van der Waals surface area contributed by atoms with Gasteiger partial charge in [0, 0.05) is 4.47 Å². The third-order valence-corrected chi connectivity index (χ3v) is 3.79. The summed E-state index contributed by atoms with van der Waals surface area (Å²) in [7, 11) is 0. The molecule has 0 aliphatic carbocycles. The summed E-state index contributed by atoms with van der Waals surface area (Å²) in [5.41, 5.74) is 0.337. The standard InChI is InChI=1S/C20H15BrO4/c21-15-7-6-10-17(13-15)23-14-24-19-12-5-4-11-18(19)20(22)25-16-8-2-1-3-9-16/h1-13H,14H2. The number of carbonyl (C=O) groups is 1. The Morgan fingerprint density at radius 1 is 0.800 bits per heavy atom. The van der Waals surface area contributed by atoms with E-state index < -0.39 is 5.97 Å². The number of hydrogen-bond acceptors (Lipinski definition) is 4. The Bertz CT molecular complexity index is 849. The first-order valence-corrected chi connectivity index (χ1v) is 8.39. The van der Waals surface area contributed by atoms with Crippen LogP contribution in [0.4, 0.5) is 0 Å². The second-order valence-corrected chi connectivity index (χ2v) is 5.98. The van der Waals surface area contributed by atoms with Crippen LogP contribution in [-0.4, -0.2) is 12.8 Å². The van der Waals surface area contributed by atoms with Gasteiger partial charge in [-0.15, -0.1) is 0 Å². The number of hydrogen-bond donors (Lipinski definition) is 0. The fourth-order valence-corrected chi connectivity index (χ4v) is 2.51. The highest BCUT2D eigenvalue weighted by Crippen LogP contribution is 2.22. The molecule has 25 heavy (non-hydrogen) atoms. The fourth-order valence-electron chi connectivity index (χ4n) is 2.13. The maximum Gasteiger partial charge on any atom is 0.347 e. The van der Waals surface area contributed by atoms with Crippen molar-refractivity contribution in [2.75, 3.05) is 6.79 Å². The summed E-state index contributed by atoms with van der Waals surface area (Å²) >= 11 is 3.38. The number of benzene rings is 3. The third kappa shape index (κ3) is 4.84. The van der Waals surface area contributed by atoms with Crippen LogP contribution in [0.5, 0.6) is 17.2 Å². The van der Waals surface area contributed by atoms with Crippen molar-refractivity contribution in [2.24, 2.45) is 0 Å².